The summed E-state index contributed by atoms with van der Waals surface area (Å²) in [4.78, 5) is 8.11. The molecule has 14 heavy (non-hydrogen) atoms. The van der Waals surface area contributed by atoms with E-state index in [1.807, 2.05) is 0 Å². The Morgan fingerprint density at radius 1 is 1.36 bits per heavy atom. The molecule has 0 amide bonds. The van der Waals surface area contributed by atoms with Crippen molar-refractivity contribution in [1.82, 2.24) is 15.3 Å². The third-order valence-electron chi connectivity index (χ3n) is 1.65. The van der Waals surface area contributed by atoms with E-state index in [9.17, 15) is 0 Å². The summed E-state index contributed by atoms with van der Waals surface area (Å²) >= 11 is 0. The molecule has 0 unspecified atom stereocenters. The molecule has 0 saturated heterocycles. The normalized spacial score (nSPS) is 10.8. The monoisotopic (exact) mass is 195 g/mol. The predicted octanol–water partition coefficient (Wildman–Crippen LogP) is 0.991. The fraction of sp³-hybridized carbons (Fsp3) is 0.600. The molecule has 1 aromatic heterocycles. The van der Waals surface area contributed by atoms with Crippen LogP contribution in [0, 0.1) is 0 Å². The van der Waals surface area contributed by atoms with Gasteiger partial charge in [0.1, 0.15) is 6.61 Å². The number of nitrogens with one attached hydrogen (secondary N) is 1. The highest BCUT2D eigenvalue weighted by Crippen LogP contribution is 1.90. The summed E-state index contributed by atoms with van der Waals surface area (Å²) in [7, 11) is 0. The molecular formula is C10H17N3O. The van der Waals surface area contributed by atoms with Gasteiger partial charge in [-0.2, -0.15) is 0 Å². The van der Waals surface area contributed by atoms with Gasteiger partial charge in [-0.05, 0) is 6.07 Å². The van der Waals surface area contributed by atoms with Crippen LogP contribution in [0.4, 0.5) is 0 Å². The van der Waals surface area contributed by atoms with Crippen LogP contribution in [0.1, 0.15) is 19.7 Å². The zero-order valence-corrected chi connectivity index (χ0v) is 8.73. The summed E-state index contributed by atoms with van der Waals surface area (Å²) in [6.45, 7) is 6.27. The van der Waals surface area contributed by atoms with Crippen LogP contribution >= 0.6 is 0 Å². The molecule has 0 bridgehead atoms. The van der Waals surface area contributed by atoms with E-state index in [1.165, 1.54) is 0 Å². The van der Waals surface area contributed by atoms with E-state index in [-0.39, 0.29) is 0 Å². The van der Waals surface area contributed by atoms with Gasteiger partial charge in [0, 0.05) is 25.0 Å². The van der Waals surface area contributed by atoms with Gasteiger partial charge in [0.05, 0.1) is 6.61 Å². The first kappa shape index (κ1) is 11.1. The third-order valence-corrected chi connectivity index (χ3v) is 1.65. The fourth-order valence-corrected chi connectivity index (χ4v) is 0.988. The van der Waals surface area contributed by atoms with Crippen LogP contribution in [0.2, 0.25) is 0 Å². The average Bonchev–Trinajstić information content (AvgIpc) is 2.18. The molecule has 4 nitrogen and oxygen atoms in total. The number of nitrogens with zero attached hydrogens (tertiary/aromatic N) is 2. The summed E-state index contributed by atoms with van der Waals surface area (Å²) in [5.41, 5.74) is 0. The molecule has 1 aromatic rings. The first-order valence-corrected chi connectivity index (χ1v) is 4.86. The highest BCUT2D eigenvalue weighted by molar-refractivity contribution is 4.86. The van der Waals surface area contributed by atoms with E-state index in [2.05, 4.69) is 29.1 Å². The van der Waals surface area contributed by atoms with Crippen LogP contribution in [0.3, 0.4) is 0 Å². The molecule has 0 aromatic carbocycles. The molecule has 1 N–H and O–H groups in total. The fourth-order valence-electron chi connectivity index (χ4n) is 0.988. The van der Waals surface area contributed by atoms with Crippen LogP contribution in [-0.2, 0) is 11.3 Å². The van der Waals surface area contributed by atoms with E-state index < -0.39 is 0 Å². The Labute approximate surface area is 84.7 Å². The molecule has 1 rings (SSSR count). The van der Waals surface area contributed by atoms with E-state index >= 15 is 0 Å². The van der Waals surface area contributed by atoms with Crippen molar-refractivity contribution in [1.29, 1.82) is 0 Å². The molecule has 1 heterocycles. The maximum absolute atomic E-state index is 5.38. The van der Waals surface area contributed by atoms with Crippen LogP contribution in [0.15, 0.2) is 18.5 Å². The third kappa shape index (κ3) is 4.89. The van der Waals surface area contributed by atoms with Gasteiger partial charge in [-0.1, -0.05) is 13.8 Å². The lowest BCUT2D eigenvalue weighted by molar-refractivity contribution is 0.116. The van der Waals surface area contributed by atoms with Crippen LogP contribution in [-0.4, -0.2) is 29.2 Å². The summed E-state index contributed by atoms with van der Waals surface area (Å²) in [6.07, 6.45) is 3.44. The lowest BCUT2D eigenvalue weighted by Crippen LogP contribution is -2.26. The number of hydrogen-bond acceptors (Lipinski definition) is 4. The van der Waals surface area contributed by atoms with Gasteiger partial charge >= 0.3 is 0 Å². The van der Waals surface area contributed by atoms with Gasteiger partial charge in [0.15, 0.2) is 5.82 Å². The van der Waals surface area contributed by atoms with Crippen molar-refractivity contribution in [3.63, 3.8) is 0 Å². The second-order valence-electron chi connectivity index (χ2n) is 3.33. The van der Waals surface area contributed by atoms with Gasteiger partial charge in [0.25, 0.3) is 0 Å². The number of aromatic nitrogens is 2. The van der Waals surface area contributed by atoms with Gasteiger partial charge in [-0.15, -0.1) is 0 Å². The Balaban J connectivity index is 2.05. The van der Waals surface area contributed by atoms with E-state index in [4.69, 9.17) is 4.74 Å². The molecule has 0 radical (unpaired) electrons. The second-order valence-corrected chi connectivity index (χ2v) is 3.33. The van der Waals surface area contributed by atoms with Crippen LogP contribution < -0.4 is 5.32 Å². The molecule has 0 aliphatic rings. The van der Waals surface area contributed by atoms with Crippen molar-refractivity contribution in [2.45, 2.75) is 26.5 Å². The van der Waals surface area contributed by atoms with Gasteiger partial charge in [-0.3, -0.25) is 0 Å². The largest absolute Gasteiger partial charge is 0.372 e. The highest BCUT2D eigenvalue weighted by Gasteiger charge is 1.95. The Morgan fingerprint density at radius 2 is 2.07 bits per heavy atom. The Hall–Kier alpha value is -1.00. The molecule has 78 valence electrons. The minimum Gasteiger partial charge on any atom is -0.372 e. The molecule has 0 spiro atoms. The van der Waals surface area contributed by atoms with Crippen molar-refractivity contribution >= 4 is 0 Å². The van der Waals surface area contributed by atoms with E-state index in [0.29, 0.717) is 19.3 Å². The summed E-state index contributed by atoms with van der Waals surface area (Å²) in [5.74, 6) is 0.733. The maximum Gasteiger partial charge on any atom is 0.153 e. The standard InChI is InChI=1S/C10H17N3O/c1-9(2)11-6-7-14-8-10-12-4-3-5-13-10/h3-5,9,11H,6-8H2,1-2H3. The van der Waals surface area contributed by atoms with Crippen molar-refractivity contribution in [2.75, 3.05) is 13.2 Å². The predicted molar refractivity (Wildman–Crippen MR) is 54.8 cm³/mol. The molecular weight excluding hydrogens is 178 g/mol. The van der Waals surface area contributed by atoms with Crippen molar-refractivity contribution in [3.05, 3.63) is 24.3 Å². The SMILES string of the molecule is CC(C)NCCOCc1ncccn1. The van der Waals surface area contributed by atoms with Crippen LogP contribution in [0.5, 0.6) is 0 Å². The summed E-state index contributed by atoms with van der Waals surface area (Å²) in [6, 6.07) is 2.30. The van der Waals surface area contributed by atoms with Crippen molar-refractivity contribution in [2.24, 2.45) is 0 Å². The molecule has 0 fully saturated rings. The minimum atomic E-state index is 0.487. The zero-order chi connectivity index (χ0) is 10.2. The molecule has 0 aliphatic carbocycles. The first-order valence-electron chi connectivity index (χ1n) is 4.86. The van der Waals surface area contributed by atoms with Gasteiger partial charge < -0.3 is 10.1 Å². The quantitative estimate of drug-likeness (QED) is 0.688. The topological polar surface area (TPSA) is 47.0 Å². The number of ether oxygens (including phenoxy) is 1. The van der Waals surface area contributed by atoms with Gasteiger partial charge in [0.2, 0.25) is 0 Å². The van der Waals surface area contributed by atoms with Gasteiger partial charge in [-0.25, -0.2) is 9.97 Å². The highest BCUT2D eigenvalue weighted by atomic mass is 16.5. The van der Waals surface area contributed by atoms with Crippen LogP contribution in [0.25, 0.3) is 0 Å². The zero-order valence-electron chi connectivity index (χ0n) is 8.73. The molecule has 0 aliphatic heterocycles. The Morgan fingerprint density at radius 3 is 2.71 bits per heavy atom. The molecule has 0 atom stereocenters. The molecule has 4 heteroatoms. The average molecular weight is 195 g/mol. The number of hydrogen-bond donors (Lipinski definition) is 1. The first-order chi connectivity index (χ1) is 6.79. The van der Waals surface area contributed by atoms with E-state index in [0.717, 1.165) is 12.4 Å². The molecule has 0 saturated carbocycles. The number of rotatable bonds is 6. The lowest BCUT2D eigenvalue weighted by Gasteiger charge is -2.07. The van der Waals surface area contributed by atoms with Crippen molar-refractivity contribution in [3.8, 4) is 0 Å². The van der Waals surface area contributed by atoms with Crippen molar-refractivity contribution < 1.29 is 4.74 Å². The minimum absolute atomic E-state index is 0.487. The smallest absolute Gasteiger partial charge is 0.153 e. The Bertz CT molecular complexity index is 238. The van der Waals surface area contributed by atoms with E-state index in [1.54, 1.807) is 18.5 Å². The lowest BCUT2D eigenvalue weighted by atomic mass is 10.4. The summed E-state index contributed by atoms with van der Waals surface area (Å²) < 4.78 is 5.38. The second kappa shape index (κ2) is 6.45. The Kier molecular flexibility index (Phi) is 5.11. The maximum atomic E-state index is 5.38. The summed E-state index contributed by atoms with van der Waals surface area (Å²) in [5, 5.41) is 3.27.